The van der Waals surface area contributed by atoms with Crippen LogP contribution >= 0.6 is 8.58 Å². The zero-order valence-electron chi connectivity index (χ0n) is 21.0. The van der Waals surface area contributed by atoms with Gasteiger partial charge in [0, 0.05) is 23.0 Å². The number of aryl methyl sites for hydroxylation is 1. The second-order valence-corrected chi connectivity index (χ2v) is 11.5. The van der Waals surface area contributed by atoms with Crippen molar-refractivity contribution < 1.29 is 5.11 Å². The molecule has 0 amide bonds. The van der Waals surface area contributed by atoms with Gasteiger partial charge in [0.05, 0.1) is 0 Å². The molecule has 0 saturated carbocycles. The molecule has 3 heteroatoms. The van der Waals surface area contributed by atoms with Crippen LogP contribution in [0, 0.1) is 6.92 Å². The Hall–Kier alpha value is -3.09. The zero-order valence-corrected chi connectivity index (χ0v) is 22.0. The number of phenols is 1. The molecule has 0 aromatic heterocycles. The zero-order chi connectivity index (χ0) is 24.7. The van der Waals surface area contributed by atoms with Crippen molar-refractivity contribution in [3.8, 4) is 5.75 Å². The normalized spacial score (nSPS) is 13.1. The number of rotatable bonds is 10. The van der Waals surface area contributed by atoms with Crippen LogP contribution in [-0.4, -0.2) is 5.11 Å². The van der Waals surface area contributed by atoms with Gasteiger partial charge in [-0.1, -0.05) is 113 Å². The second-order valence-electron chi connectivity index (χ2n) is 9.60. The summed E-state index contributed by atoms with van der Waals surface area (Å²) in [5.74, 6) is 0.404. The van der Waals surface area contributed by atoms with E-state index in [2.05, 4.69) is 111 Å². The molecule has 2 atom stereocenters. The first-order valence-corrected chi connectivity index (χ1v) is 13.5. The van der Waals surface area contributed by atoms with Gasteiger partial charge in [0.1, 0.15) is 5.75 Å². The van der Waals surface area contributed by atoms with Crippen LogP contribution in [0.4, 0.5) is 5.69 Å². The lowest BCUT2D eigenvalue weighted by molar-refractivity contribution is 0.453. The van der Waals surface area contributed by atoms with E-state index >= 15 is 0 Å². The minimum Gasteiger partial charge on any atom is -0.508 e. The van der Waals surface area contributed by atoms with Gasteiger partial charge in [0.15, 0.2) is 0 Å². The van der Waals surface area contributed by atoms with E-state index in [9.17, 15) is 5.11 Å². The molecule has 0 aliphatic heterocycles. The summed E-state index contributed by atoms with van der Waals surface area (Å²) in [5, 5.41) is 15.8. The molecule has 0 aliphatic rings. The molecule has 180 valence electrons. The fraction of sp³-hybridized carbons (Fsp3) is 0.250. The molecule has 4 aromatic rings. The molecule has 0 saturated heterocycles. The van der Waals surface area contributed by atoms with Gasteiger partial charge in [-0.3, -0.25) is 0 Å². The van der Waals surface area contributed by atoms with Gasteiger partial charge in [0.25, 0.3) is 0 Å². The third-order valence-electron chi connectivity index (χ3n) is 6.58. The number of phenolic OH excluding ortho intramolecular Hbond substituents is 1. The lowest BCUT2D eigenvalue weighted by atomic mass is 9.91. The van der Waals surface area contributed by atoms with Crippen LogP contribution in [0.25, 0.3) is 0 Å². The number of anilines is 1. The summed E-state index contributed by atoms with van der Waals surface area (Å²) in [6.07, 6.45) is 2.96. The van der Waals surface area contributed by atoms with Crippen LogP contribution in [-0.2, 0) is 18.1 Å². The lowest BCUT2D eigenvalue weighted by Crippen LogP contribution is -2.22. The summed E-state index contributed by atoms with van der Waals surface area (Å²) in [7, 11) is 0.556. The van der Waals surface area contributed by atoms with Crippen LogP contribution < -0.4 is 10.6 Å². The Morgan fingerprint density at radius 3 is 2.26 bits per heavy atom. The predicted molar refractivity (Wildman–Crippen MR) is 153 cm³/mol. The Kier molecular flexibility index (Phi) is 8.26. The maximum atomic E-state index is 11.0. The van der Waals surface area contributed by atoms with E-state index in [0.717, 1.165) is 37.1 Å². The summed E-state index contributed by atoms with van der Waals surface area (Å²) in [5.41, 5.74) is 7.32. The number of nitrogens with one attached hydrogen (secondary N) is 1. The number of para-hydroxylation sites is 1. The molecular weight excluding hydrogens is 445 g/mol. The van der Waals surface area contributed by atoms with Crippen molar-refractivity contribution in [2.24, 2.45) is 0 Å². The first-order chi connectivity index (χ1) is 17.0. The molecule has 2 unspecified atom stereocenters. The van der Waals surface area contributed by atoms with Crippen molar-refractivity contribution in [1.29, 1.82) is 0 Å². The molecule has 0 fully saturated rings. The standard InChI is InChI=1S/C32H36NOP/c1-4-19-32(3,29-22-26(16-17-30(29)34)21-25-11-7-5-8-12-25)35-31-18-15-24(2)20-27(31)23-33-28-13-9-6-10-14-28/h5-18,20,22,33-35H,4,19,21,23H2,1-3H3. The average Bonchev–Trinajstić information content (AvgIpc) is 2.87. The predicted octanol–water partition coefficient (Wildman–Crippen LogP) is 7.92. The minimum atomic E-state index is -0.137. The smallest absolute Gasteiger partial charge is 0.119 e. The Bertz CT molecular complexity index is 1240. The third-order valence-corrected chi connectivity index (χ3v) is 8.41. The van der Waals surface area contributed by atoms with Gasteiger partial charge >= 0.3 is 0 Å². The maximum Gasteiger partial charge on any atom is 0.119 e. The Morgan fingerprint density at radius 1 is 0.829 bits per heavy atom. The van der Waals surface area contributed by atoms with Crippen LogP contribution in [0.2, 0.25) is 0 Å². The topological polar surface area (TPSA) is 32.3 Å². The van der Waals surface area contributed by atoms with E-state index in [1.165, 1.54) is 27.6 Å². The summed E-state index contributed by atoms with van der Waals surface area (Å²) in [6.45, 7) is 7.50. The number of hydrogen-bond acceptors (Lipinski definition) is 2. The van der Waals surface area contributed by atoms with Crippen molar-refractivity contribution >= 4 is 19.6 Å². The van der Waals surface area contributed by atoms with Crippen molar-refractivity contribution in [2.75, 3.05) is 5.32 Å². The highest BCUT2D eigenvalue weighted by Gasteiger charge is 2.30. The fourth-order valence-electron chi connectivity index (χ4n) is 4.77. The number of aromatic hydroxyl groups is 1. The van der Waals surface area contributed by atoms with Crippen LogP contribution in [0.15, 0.2) is 97.1 Å². The fourth-order valence-corrected chi connectivity index (χ4v) is 6.56. The maximum absolute atomic E-state index is 11.0. The molecule has 4 rings (SSSR count). The van der Waals surface area contributed by atoms with Crippen molar-refractivity contribution in [3.05, 3.63) is 125 Å². The minimum absolute atomic E-state index is 0.137. The molecule has 35 heavy (non-hydrogen) atoms. The summed E-state index contributed by atoms with van der Waals surface area (Å²) in [6, 6.07) is 33.9. The average molecular weight is 482 g/mol. The lowest BCUT2D eigenvalue weighted by Gasteiger charge is -2.32. The highest BCUT2D eigenvalue weighted by molar-refractivity contribution is 7.48. The van der Waals surface area contributed by atoms with E-state index in [1.807, 2.05) is 12.1 Å². The summed E-state index contributed by atoms with van der Waals surface area (Å²) in [4.78, 5) is 0. The molecule has 4 aromatic carbocycles. The van der Waals surface area contributed by atoms with E-state index < -0.39 is 0 Å². The van der Waals surface area contributed by atoms with Crippen LogP contribution in [0.5, 0.6) is 5.75 Å². The SMILES string of the molecule is CCCC(C)(Pc1ccc(C)cc1CNc1ccccc1)c1cc(Cc2ccccc2)ccc1O. The van der Waals surface area contributed by atoms with Gasteiger partial charge < -0.3 is 10.4 Å². The van der Waals surface area contributed by atoms with E-state index in [1.54, 1.807) is 0 Å². The Morgan fingerprint density at radius 2 is 1.54 bits per heavy atom. The monoisotopic (exact) mass is 481 g/mol. The van der Waals surface area contributed by atoms with Crippen LogP contribution in [0.1, 0.15) is 54.5 Å². The number of benzene rings is 4. The first kappa shape index (κ1) is 25.0. The molecular formula is C32H36NOP. The van der Waals surface area contributed by atoms with E-state index in [4.69, 9.17) is 0 Å². The second kappa shape index (κ2) is 11.6. The highest BCUT2D eigenvalue weighted by atomic mass is 31.1. The molecule has 2 N–H and O–H groups in total. The van der Waals surface area contributed by atoms with Gasteiger partial charge in [-0.05, 0) is 60.0 Å². The largest absolute Gasteiger partial charge is 0.508 e. The van der Waals surface area contributed by atoms with Gasteiger partial charge in [-0.2, -0.15) is 0 Å². The molecule has 0 aliphatic carbocycles. The van der Waals surface area contributed by atoms with Crippen molar-refractivity contribution in [3.63, 3.8) is 0 Å². The summed E-state index contributed by atoms with van der Waals surface area (Å²) >= 11 is 0. The highest BCUT2D eigenvalue weighted by Crippen LogP contribution is 2.48. The number of hydrogen-bond donors (Lipinski definition) is 2. The van der Waals surface area contributed by atoms with Crippen molar-refractivity contribution in [1.82, 2.24) is 0 Å². The quantitative estimate of drug-likeness (QED) is 0.226. The van der Waals surface area contributed by atoms with Crippen LogP contribution in [0.3, 0.4) is 0 Å². The molecule has 0 spiro atoms. The van der Waals surface area contributed by atoms with Gasteiger partial charge in [-0.25, -0.2) is 0 Å². The third kappa shape index (κ3) is 6.53. The first-order valence-electron chi connectivity index (χ1n) is 12.5. The van der Waals surface area contributed by atoms with E-state index in [0.29, 0.717) is 14.3 Å². The molecule has 0 radical (unpaired) electrons. The van der Waals surface area contributed by atoms with E-state index in [-0.39, 0.29) is 5.16 Å². The molecule has 0 bridgehead atoms. The summed E-state index contributed by atoms with van der Waals surface area (Å²) < 4.78 is 0. The molecule has 0 heterocycles. The molecule has 2 nitrogen and oxygen atoms in total. The van der Waals surface area contributed by atoms with Crippen molar-refractivity contribution in [2.45, 2.75) is 51.7 Å². The van der Waals surface area contributed by atoms with Gasteiger partial charge in [-0.15, -0.1) is 0 Å². The Labute approximate surface area is 212 Å². The Balaban J connectivity index is 1.64. The van der Waals surface area contributed by atoms with Gasteiger partial charge in [0.2, 0.25) is 0 Å².